The zero-order valence-electron chi connectivity index (χ0n) is 11.3. The molecule has 0 unspecified atom stereocenters. The maximum absolute atomic E-state index is 6.21. The lowest BCUT2D eigenvalue weighted by Crippen LogP contribution is -2.08. The van der Waals surface area contributed by atoms with E-state index in [1.807, 2.05) is 28.7 Å². The molecule has 2 N–H and O–H groups in total. The van der Waals surface area contributed by atoms with Gasteiger partial charge in [-0.3, -0.25) is 4.57 Å². The molecule has 0 aromatic carbocycles. The van der Waals surface area contributed by atoms with Crippen molar-refractivity contribution in [3.63, 3.8) is 0 Å². The van der Waals surface area contributed by atoms with Crippen LogP contribution >= 0.6 is 0 Å². The third kappa shape index (κ3) is 2.12. The number of hydrogen-bond donors (Lipinski definition) is 1. The van der Waals surface area contributed by atoms with Crippen LogP contribution in [-0.2, 0) is 19.9 Å². The predicted molar refractivity (Wildman–Crippen MR) is 72.7 cm³/mol. The van der Waals surface area contributed by atoms with Gasteiger partial charge in [0, 0.05) is 25.9 Å². The van der Waals surface area contributed by atoms with E-state index in [0.717, 1.165) is 48.7 Å². The second kappa shape index (κ2) is 5.25. The zero-order valence-corrected chi connectivity index (χ0v) is 11.3. The second-order valence-corrected chi connectivity index (χ2v) is 4.52. The fourth-order valence-corrected chi connectivity index (χ4v) is 2.23. The first-order chi connectivity index (χ1) is 8.69. The average molecular weight is 247 g/mol. The summed E-state index contributed by atoms with van der Waals surface area (Å²) >= 11 is 0. The molecule has 0 fully saturated rings. The smallest absolute Gasteiger partial charge is 0.160 e. The van der Waals surface area contributed by atoms with Crippen LogP contribution in [0, 0.1) is 0 Å². The summed E-state index contributed by atoms with van der Waals surface area (Å²) in [5, 5.41) is 4.50. The standard InChI is InChI=1S/C13H21N5/c1-4-6-10-12(14)13(17(3)16-10)18-9-8-15-11(18)7-5-2/h8-9H,4-7,14H2,1-3H3. The summed E-state index contributed by atoms with van der Waals surface area (Å²) in [6.45, 7) is 4.28. The Balaban J connectivity index is 2.46. The van der Waals surface area contributed by atoms with Gasteiger partial charge in [-0.1, -0.05) is 20.3 Å². The molecule has 0 spiro atoms. The van der Waals surface area contributed by atoms with E-state index in [1.54, 1.807) is 0 Å². The van der Waals surface area contributed by atoms with E-state index in [-0.39, 0.29) is 0 Å². The molecule has 0 bridgehead atoms. The summed E-state index contributed by atoms with van der Waals surface area (Å²) < 4.78 is 3.89. The predicted octanol–water partition coefficient (Wildman–Crippen LogP) is 2.09. The van der Waals surface area contributed by atoms with Crippen LogP contribution in [-0.4, -0.2) is 19.3 Å². The highest BCUT2D eigenvalue weighted by Crippen LogP contribution is 2.23. The van der Waals surface area contributed by atoms with Crippen molar-refractivity contribution in [1.82, 2.24) is 19.3 Å². The lowest BCUT2D eigenvalue weighted by molar-refractivity contribution is 0.691. The quantitative estimate of drug-likeness (QED) is 0.880. The highest BCUT2D eigenvalue weighted by molar-refractivity contribution is 5.58. The van der Waals surface area contributed by atoms with E-state index >= 15 is 0 Å². The van der Waals surface area contributed by atoms with Gasteiger partial charge in [0.2, 0.25) is 0 Å². The van der Waals surface area contributed by atoms with E-state index in [9.17, 15) is 0 Å². The normalized spacial score (nSPS) is 11.1. The monoisotopic (exact) mass is 247 g/mol. The Labute approximate surface area is 108 Å². The highest BCUT2D eigenvalue weighted by atomic mass is 15.3. The summed E-state index contributed by atoms with van der Waals surface area (Å²) in [5.41, 5.74) is 7.97. The number of nitrogens with zero attached hydrogens (tertiary/aromatic N) is 4. The lowest BCUT2D eigenvalue weighted by atomic mass is 10.2. The summed E-state index contributed by atoms with van der Waals surface area (Å²) in [5.74, 6) is 1.97. The molecule has 18 heavy (non-hydrogen) atoms. The van der Waals surface area contributed by atoms with E-state index in [0.29, 0.717) is 0 Å². The van der Waals surface area contributed by atoms with Gasteiger partial charge in [0.15, 0.2) is 5.82 Å². The molecule has 0 aliphatic rings. The van der Waals surface area contributed by atoms with Gasteiger partial charge in [-0.25, -0.2) is 9.67 Å². The Hall–Kier alpha value is -1.78. The molecule has 98 valence electrons. The Morgan fingerprint density at radius 2 is 1.94 bits per heavy atom. The molecule has 0 radical (unpaired) electrons. The zero-order chi connectivity index (χ0) is 13.1. The Kier molecular flexibility index (Phi) is 3.69. The van der Waals surface area contributed by atoms with Gasteiger partial charge in [-0.05, 0) is 12.8 Å². The minimum absolute atomic E-state index is 0.773. The topological polar surface area (TPSA) is 61.7 Å². The molecule has 0 atom stereocenters. The molecule has 2 heterocycles. The van der Waals surface area contributed by atoms with Gasteiger partial charge in [-0.15, -0.1) is 0 Å². The number of hydrogen-bond acceptors (Lipinski definition) is 3. The van der Waals surface area contributed by atoms with E-state index < -0.39 is 0 Å². The van der Waals surface area contributed by atoms with Crippen LogP contribution in [0.3, 0.4) is 0 Å². The van der Waals surface area contributed by atoms with Gasteiger partial charge >= 0.3 is 0 Å². The minimum atomic E-state index is 0.773. The number of aryl methyl sites for hydroxylation is 3. The fraction of sp³-hybridized carbons (Fsp3) is 0.538. The Morgan fingerprint density at radius 1 is 1.22 bits per heavy atom. The molecule has 5 nitrogen and oxygen atoms in total. The third-order valence-corrected chi connectivity index (χ3v) is 3.04. The molecule has 2 rings (SSSR count). The van der Waals surface area contributed by atoms with Crippen molar-refractivity contribution in [3.8, 4) is 5.82 Å². The van der Waals surface area contributed by atoms with Gasteiger partial charge < -0.3 is 5.73 Å². The van der Waals surface area contributed by atoms with Crippen molar-refractivity contribution in [2.75, 3.05) is 5.73 Å². The van der Waals surface area contributed by atoms with Crippen LogP contribution in [0.5, 0.6) is 0 Å². The third-order valence-electron chi connectivity index (χ3n) is 3.04. The van der Waals surface area contributed by atoms with Crippen LogP contribution in [0.15, 0.2) is 12.4 Å². The molecule has 2 aromatic heterocycles. The first kappa shape index (κ1) is 12.7. The summed E-state index contributed by atoms with van der Waals surface area (Å²) in [7, 11) is 1.93. The van der Waals surface area contributed by atoms with Crippen molar-refractivity contribution in [2.45, 2.75) is 39.5 Å². The average Bonchev–Trinajstić information content (AvgIpc) is 2.87. The second-order valence-electron chi connectivity index (χ2n) is 4.52. The van der Waals surface area contributed by atoms with Crippen molar-refractivity contribution in [2.24, 2.45) is 7.05 Å². The number of nitrogens with two attached hydrogens (primary N) is 1. The lowest BCUT2D eigenvalue weighted by Gasteiger charge is -2.08. The van der Waals surface area contributed by atoms with E-state index in [1.165, 1.54) is 0 Å². The van der Waals surface area contributed by atoms with Crippen LogP contribution < -0.4 is 5.73 Å². The number of rotatable bonds is 5. The van der Waals surface area contributed by atoms with Gasteiger partial charge in [-0.2, -0.15) is 5.10 Å². The summed E-state index contributed by atoms with van der Waals surface area (Å²) in [4.78, 5) is 4.39. The molecule has 0 saturated heterocycles. The molecule has 2 aromatic rings. The minimum Gasteiger partial charge on any atom is -0.394 e. The van der Waals surface area contributed by atoms with Crippen molar-refractivity contribution < 1.29 is 0 Å². The maximum atomic E-state index is 6.21. The molecule has 0 saturated carbocycles. The molecular weight excluding hydrogens is 226 g/mol. The number of nitrogen functional groups attached to an aromatic ring is 1. The van der Waals surface area contributed by atoms with Gasteiger partial charge in [0.25, 0.3) is 0 Å². The van der Waals surface area contributed by atoms with Crippen LogP contribution in [0.2, 0.25) is 0 Å². The number of aromatic nitrogens is 4. The first-order valence-corrected chi connectivity index (χ1v) is 6.52. The largest absolute Gasteiger partial charge is 0.394 e. The maximum Gasteiger partial charge on any atom is 0.160 e. The van der Waals surface area contributed by atoms with Crippen molar-refractivity contribution in [1.29, 1.82) is 0 Å². The summed E-state index contributed by atoms with van der Waals surface area (Å²) in [6.07, 6.45) is 7.74. The SMILES string of the molecule is CCCc1nn(C)c(-n2ccnc2CCC)c1N. The summed E-state index contributed by atoms with van der Waals surface area (Å²) in [6, 6.07) is 0. The van der Waals surface area contributed by atoms with Crippen LogP contribution in [0.4, 0.5) is 5.69 Å². The van der Waals surface area contributed by atoms with Crippen molar-refractivity contribution in [3.05, 3.63) is 23.9 Å². The molecule has 5 heteroatoms. The highest BCUT2D eigenvalue weighted by Gasteiger charge is 2.16. The molecular formula is C13H21N5. The van der Waals surface area contributed by atoms with Gasteiger partial charge in [0.1, 0.15) is 5.82 Å². The van der Waals surface area contributed by atoms with Gasteiger partial charge in [0.05, 0.1) is 11.4 Å². The van der Waals surface area contributed by atoms with Crippen LogP contribution in [0.25, 0.3) is 5.82 Å². The fourth-order valence-electron chi connectivity index (χ4n) is 2.23. The van der Waals surface area contributed by atoms with E-state index in [4.69, 9.17) is 5.73 Å². The Morgan fingerprint density at radius 3 is 2.61 bits per heavy atom. The number of imidazole rings is 1. The first-order valence-electron chi connectivity index (χ1n) is 6.52. The molecule has 0 amide bonds. The Bertz CT molecular complexity index is 523. The number of anilines is 1. The van der Waals surface area contributed by atoms with E-state index in [2.05, 4.69) is 23.9 Å². The molecule has 0 aliphatic carbocycles. The van der Waals surface area contributed by atoms with Crippen LogP contribution in [0.1, 0.15) is 38.2 Å². The van der Waals surface area contributed by atoms with Crippen molar-refractivity contribution >= 4 is 5.69 Å². The molecule has 0 aliphatic heterocycles.